The van der Waals surface area contributed by atoms with Gasteiger partial charge in [0.05, 0.1) is 9.50 Å². The molecule has 0 heterocycles. The molecule has 0 radical (unpaired) electrons. The van der Waals surface area contributed by atoms with Gasteiger partial charge in [0.2, 0.25) is 0 Å². The van der Waals surface area contributed by atoms with Crippen LogP contribution in [0.3, 0.4) is 0 Å². The lowest BCUT2D eigenvalue weighted by Crippen LogP contribution is -2.04. The summed E-state index contributed by atoms with van der Waals surface area (Å²) in [6, 6.07) is 10.3. The van der Waals surface area contributed by atoms with Gasteiger partial charge < -0.3 is 10.5 Å². The number of halogens is 3. The number of benzene rings is 2. The Morgan fingerprint density at radius 3 is 2.68 bits per heavy atom. The first-order valence-corrected chi connectivity index (χ1v) is 6.89. The lowest BCUT2D eigenvalue weighted by molar-refractivity contribution is 0.468. The van der Waals surface area contributed by atoms with E-state index in [9.17, 15) is 4.39 Å². The zero-order valence-electron chi connectivity index (χ0n) is 10.00. The maximum absolute atomic E-state index is 13.5. The van der Waals surface area contributed by atoms with E-state index in [-0.39, 0.29) is 5.02 Å². The first kappa shape index (κ1) is 14.3. The molecule has 0 aliphatic heterocycles. The molecule has 0 bridgehead atoms. The molecule has 0 aliphatic rings. The van der Waals surface area contributed by atoms with Gasteiger partial charge >= 0.3 is 0 Å². The molecular formula is C14H12BrClFNO. The first-order chi connectivity index (χ1) is 9.11. The van der Waals surface area contributed by atoms with Gasteiger partial charge in [-0.3, -0.25) is 0 Å². The normalized spacial score (nSPS) is 10.5. The second-order valence-corrected chi connectivity index (χ2v) is 5.21. The molecule has 2 N–H and O–H groups in total. The van der Waals surface area contributed by atoms with Crippen LogP contribution in [0.4, 0.5) is 4.39 Å². The Morgan fingerprint density at radius 2 is 1.95 bits per heavy atom. The average molecular weight is 345 g/mol. The SMILES string of the molecule is NCCc1ccccc1Oc1cc(F)c(Cl)cc1Br. The van der Waals surface area contributed by atoms with Crippen molar-refractivity contribution in [2.75, 3.05) is 6.54 Å². The molecule has 0 saturated carbocycles. The van der Waals surface area contributed by atoms with Gasteiger partial charge in [-0.05, 0) is 46.6 Å². The molecule has 0 spiro atoms. The highest BCUT2D eigenvalue weighted by molar-refractivity contribution is 9.10. The van der Waals surface area contributed by atoms with Crippen molar-refractivity contribution >= 4 is 27.5 Å². The fourth-order valence-electron chi connectivity index (χ4n) is 1.67. The molecule has 100 valence electrons. The van der Waals surface area contributed by atoms with E-state index >= 15 is 0 Å². The summed E-state index contributed by atoms with van der Waals surface area (Å²) in [6.07, 6.45) is 0.698. The molecule has 0 atom stereocenters. The molecule has 2 aromatic rings. The molecule has 0 amide bonds. The Hall–Kier alpha value is -1.10. The van der Waals surface area contributed by atoms with Gasteiger partial charge in [0.1, 0.15) is 17.3 Å². The number of ether oxygens (including phenoxy) is 1. The number of rotatable bonds is 4. The van der Waals surface area contributed by atoms with E-state index in [1.165, 1.54) is 12.1 Å². The number of hydrogen-bond acceptors (Lipinski definition) is 2. The summed E-state index contributed by atoms with van der Waals surface area (Å²) in [5, 5.41) is 0.0504. The Kier molecular flexibility index (Phi) is 4.80. The summed E-state index contributed by atoms with van der Waals surface area (Å²) < 4.78 is 19.8. The molecular weight excluding hydrogens is 333 g/mol. The van der Waals surface area contributed by atoms with Crippen LogP contribution in [0.25, 0.3) is 0 Å². The van der Waals surface area contributed by atoms with Crippen molar-refractivity contribution in [3.63, 3.8) is 0 Å². The zero-order chi connectivity index (χ0) is 13.8. The summed E-state index contributed by atoms with van der Waals surface area (Å²) in [5.74, 6) is 0.526. The molecule has 5 heteroatoms. The minimum atomic E-state index is -0.517. The molecule has 2 aromatic carbocycles. The summed E-state index contributed by atoms with van der Waals surface area (Å²) in [6.45, 7) is 0.524. The largest absolute Gasteiger partial charge is 0.456 e. The number of para-hydroxylation sites is 1. The van der Waals surface area contributed by atoms with Crippen molar-refractivity contribution in [2.24, 2.45) is 5.73 Å². The van der Waals surface area contributed by atoms with Crippen molar-refractivity contribution in [1.82, 2.24) is 0 Å². The monoisotopic (exact) mass is 343 g/mol. The van der Waals surface area contributed by atoms with Crippen molar-refractivity contribution in [3.05, 3.63) is 57.3 Å². The van der Waals surface area contributed by atoms with Gasteiger partial charge in [0, 0.05) is 6.07 Å². The topological polar surface area (TPSA) is 35.2 Å². The fourth-order valence-corrected chi connectivity index (χ4v) is 2.39. The minimum Gasteiger partial charge on any atom is -0.456 e. The highest BCUT2D eigenvalue weighted by Crippen LogP contribution is 2.34. The maximum atomic E-state index is 13.5. The van der Waals surface area contributed by atoms with Gasteiger partial charge in [-0.2, -0.15) is 0 Å². The predicted octanol–water partition coefficient (Wildman–Crippen LogP) is 4.54. The summed E-state index contributed by atoms with van der Waals surface area (Å²) >= 11 is 8.99. The van der Waals surface area contributed by atoms with Crippen LogP contribution in [-0.2, 0) is 6.42 Å². The van der Waals surface area contributed by atoms with Gasteiger partial charge in [-0.25, -0.2) is 4.39 Å². The Morgan fingerprint density at radius 1 is 1.21 bits per heavy atom. The van der Waals surface area contributed by atoms with Crippen molar-refractivity contribution in [3.8, 4) is 11.5 Å². The Bertz CT molecular complexity index is 592. The molecule has 19 heavy (non-hydrogen) atoms. The van der Waals surface area contributed by atoms with Crippen LogP contribution in [0.2, 0.25) is 5.02 Å². The lowest BCUT2D eigenvalue weighted by Gasteiger charge is -2.12. The summed E-state index contributed by atoms with van der Waals surface area (Å²) in [7, 11) is 0. The lowest BCUT2D eigenvalue weighted by atomic mass is 10.1. The van der Waals surface area contributed by atoms with E-state index in [0.717, 1.165) is 5.56 Å². The van der Waals surface area contributed by atoms with Crippen LogP contribution < -0.4 is 10.5 Å². The minimum absolute atomic E-state index is 0.0504. The Balaban J connectivity index is 2.33. The van der Waals surface area contributed by atoms with Gasteiger partial charge in [-0.15, -0.1) is 0 Å². The molecule has 2 nitrogen and oxygen atoms in total. The van der Waals surface area contributed by atoms with Gasteiger partial charge in [0.25, 0.3) is 0 Å². The van der Waals surface area contributed by atoms with Crippen molar-refractivity contribution < 1.29 is 9.13 Å². The van der Waals surface area contributed by atoms with Crippen molar-refractivity contribution in [2.45, 2.75) is 6.42 Å². The smallest absolute Gasteiger partial charge is 0.145 e. The summed E-state index contributed by atoms with van der Waals surface area (Å²) in [4.78, 5) is 0. The number of hydrogen-bond donors (Lipinski definition) is 1. The molecule has 2 rings (SSSR count). The summed E-state index contributed by atoms with van der Waals surface area (Å²) in [5.41, 5.74) is 6.53. The predicted molar refractivity (Wildman–Crippen MR) is 78.4 cm³/mol. The second-order valence-electron chi connectivity index (χ2n) is 3.95. The number of nitrogens with two attached hydrogens (primary N) is 1. The first-order valence-electron chi connectivity index (χ1n) is 5.72. The molecule has 0 fully saturated rings. The van der Waals surface area contributed by atoms with Crippen LogP contribution in [0.5, 0.6) is 11.5 Å². The van der Waals surface area contributed by atoms with Crippen LogP contribution in [0.15, 0.2) is 40.9 Å². The van der Waals surface area contributed by atoms with Crippen LogP contribution in [0, 0.1) is 5.82 Å². The van der Waals surface area contributed by atoms with E-state index in [1.807, 2.05) is 24.3 Å². The third-order valence-corrected chi connectivity index (χ3v) is 3.49. The van der Waals surface area contributed by atoms with Gasteiger partial charge in [-0.1, -0.05) is 29.8 Å². The quantitative estimate of drug-likeness (QED) is 0.827. The van der Waals surface area contributed by atoms with Crippen LogP contribution in [-0.4, -0.2) is 6.54 Å². The van der Waals surface area contributed by atoms with Gasteiger partial charge in [0.15, 0.2) is 0 Å². The zero-order valence-corrected chi connectivity index (χ0v) is 12.3. The molecule has 0 unspecified atom stereocenters. The van der Waals surface area contributed by atoms with E-state index in [4.69, 9.17) is 22.1 Å². The van der Waals surface area contributed by atoms with E-state index < -0.39 is 5.82 Å². The third-order valence-electron chi connectivity index (χ3n) is 2.58. The van der Waals surface area contributed by atoms with Crippen LogP contribution >= 0.6 is 27.5 Å². The van der Waals surface area contributed by atoms with E-state index in [1.54, 1.807) is 0 Å². The second kappa shape index (κ2) is 6.37. The standard InChI is InChI=1S/C14H12BrClFNO/c15-10-7-11(16)12(17)8-14(10)19-13-4-2-1-3-9(13)5-6-18/h1-4,7-8H,5-6,18H2. The fraction of sp³-hybridized carbons (Fsp3) is 0.143. The molecule has 0 saturated heterocycles. The van der Waals surface area contributed by atoms with Crippen molar-refractivity contribution in [1.29, 1.82) is 0 Å². The Labute approximate surface area is 124 Å². The average Bonchev–Trinajstić information content (AvgIpc) is 2.38. The third kappa shape index (κ3) is 3.47. The van der Waals surface area contributed by atoms with Crippen LogP contribution in [0.1, 0.15) is 5.56 Å². The maximum Gasteiger partial charge on any atom is 0.145 e. The van der Waals surface area contributed by atoms with E-state index in [0.29, 0.717) is 28.9 Å². The molecule has 0 aromatic heterocycles. The highest BCUT2D eigenvalue weighted by atomic mass is 79.9. The highest BCUT2D eigenvalue weighted by Gasteiger charge is 2.10. The molecule has 0 aliphatic carbocycles. The van der Waals surface area contributed by atoms with E-state index in [2.05, 4.69) is 15.9 Å².